The molecule has 0 aromatic carbocycles. The first-order valence-corrected chi connectivity index (χ1v) is 4.44. The van der Waals surface area contributed by atoms with Gasteiger partial charge in [0.25, 0.3) is 0 Å². The molecule has 0 rings (SSSR count). The van der Waals surface area contributed by atoms with Crippen molar-refractivity contribution >= 4 is 0 Å². The van der Waals surface area contributed by atoms with Gasteiger partial charge in [-0.15, -0.1) is 0 Å². The van der Waals surface area contributed by atoms with E-state index < -0.39 is 0 Å². The molecule has 2 heteroatoms. The molecule has 11 heavy (non-hydrogen) atoms. The number of rotatable bonds is 4. The number of hydrogen-bond donors (Lipinski definition) is 2. The van der Waals surface area contributed by atoms with Gasteiger partial charge in [-0.2, -0.15) is 0 Å². The average molecular weight is 158 g/mol. The Morgan fingerprint density at radius 2 is 1.73 bits per heavy atom. The van der Waals surface area contributed by atoms with Crippen molar-refractivity contribution in [2.24, 2.45) is 16.9 Å². The van der Waals surface area contributed by atoms with Crippen molar-refractivity contribution in [3.05, 3.63) is 0 Å². The highest BCUT2D eigenvalue weighted by molar-refractivity contribution is 4.76. The van der Waals surface area contributed by atoms with E-state index in [4.69, 9.17) is 11.5 Å². The summed E-state index contributed by atoms with van der Waals surface area (Å²) in [7, 11) is 0. The van der Waals surface area contributed by atoms with Crippen LogP contribution in [0.15, 0.2) is 0 Å². The first kappa shape index (κ1) is 10.9. The Morgan fingerprint density at radius 1 is 1.18 bits per heavy atom. The average Bonchev–Trinajstić information content (AvgIpc) is 1.86. The third kappa shape index (κ3) is 5.22. The number of nitrogens with two attached hydrogens (primary N) is 2. The van der Waals surface area contributed by atoms with E-state index in [1.54, 1.807) is 0 Å². The van der Waals surface area contributed by atoms with Gasteiger partial charge in [0.1, 0.15) is 0 Å². The monoisotopic (exact) mass is 158 g/mol. The summed E-state index contributed by atoms with van der Waals surface area (Å²) in [5.74, 6) is 0. The van der Waals surface area contributed by atoms with Gasteiger partial charge in [0.2, 0.25) is 0 Å². The van der Waals surface area contributed by atoms with Gasteiger partial charge in [-0.3, -0.25) is 0 Å². The summed E-state index contributed by atoms with van der Waals surface area (Å²) in [6, 6.07) is 0.314. The molecule has 0 amide bonds. The molecule has 1 atom stereocenters. The van der Waals surface area contributed by atoms with Crippen molar-refractivity contribution in [2.75, 3.05) is 6.54 Å². The molecule has 2 nitrogen and oxygen atoms in total. The normalized spacial score (nSPS) is 15.0. The summed E-state index contributed by atoms with van der Waals surface area (Å²) in [6.45, 7) is 7.33. The minimum absolute atomic E-state index is 0.245. The van der Waals surface area contributed by atoms with Crippen molar-refractivity contribution in [1.29, 1.82) is 0 Å². The van der Waals surface area contributed by atoms with E-state index in [0.29, 0.717) is 6.04 Å². The highest BCUT2D eigenvalue weighted by Crippen LogP contribution is 2.20. The SMILES string of the molecule is CC(C)(C)C(N)CCCCN. The summed E-state index contributed by atoms with van der Waals surface area (Å²) in [5.41, 5.74) is 11.6. The Balaban J connectivity index is 3.44. The first-order valence-electron chi connectivity index (χ1n) is 4.44. The van der Waals surface area contributed by atoms with Crippen LogP contribution >= 0.6 is 0 Å². The van der Waals surface area contributed by atoms with E-state index in [1.165, 1.54) is 0 Å². The largest absolute Gasteiger partial charge is 0.330 e. The molecule has 0 spiro atoms. The van der Waals surface area contributed by atoms with Gasteiger partial charge >= 0.3 is 0 Å². The maximum absolute atomic E-state index is 5.95. The van der Waals surface area contributed by atoms with Crippen LogP contribution in [0, 0.1) is 5.41 Å². The molecule has 0 radical (unpaired) electrons. The summed E-state index contributed by atoms with van der Waals surface area (Å²) < 4.78 is 0. The van der Waals surface area contributed by atoms with Crippen LogP contribution in [0.5, 0.6) is 0 Å². The van der Waals surface area contributed by atoms with Gasteiger partial charge in [0, 0.05) is 6.04 Å². The third-order valence-electron chi connectivity index (χ3n) is 2.08. The lowest BCUT2D eigenvalue weighted by Gasteiger charge is -2.26. The molecule has 0 aliphatic heterocycles. The third-order valence-corrected chi connectivity index (χ3v) is 2.08. The fourth-order valence-corrected chi connectivity index (χ4v) is 0.942. The van der Waals surface area contributed by atoms with Gasteiger partial charge in [-0.1, -0.05) is 27.2 Å². The molecule has 1 unspecified atom stereocenters. The summed E-state index contributed by atoms with van der Waals surface area (Å²) in [6.07, 6.45) is 3.36. The lowest BCUT2D eigenvalue weighted by Crippen LogP contribution is -2.34. The van der Waals surface area contributed by atoms with Crippen molar-refractivity contribution in [3.8, 4) is 0 Å². The molecule has 0 aliphatic rings. The summed E-state index contributed by atoms with van der Waals surface area (Å²) in [4.78, 5) is 0. The van der Waals surface area contributed by atoms with E-state index in [1.807, 2.05) is 0 Å². The van der Waals surface area contributed by atoms with Crippen LogP contribution in [0.1, 0.15) is 40.0 Å². The molecule has 0 heterocycles. The first-order chi connectivity index (χ1) is 4.98. The van der Waals surface area contributed by atoms with Crippen molar-refractivity contribution in [3.63, 3.8) is 0 Å². The fourth-order valence-electron chi connectivity index (χ4n) is 0.942. The second kappa shape index (κ2) is 4.73. The zero-order chi connectivity index (χ0) is 8.91. The minimum Gasteiger partial charge on any atom is -0.330 e. The molecular weight excluding hydrogens is 136 g/mol. The maximum Gasteiger partial charge on any atom is 0.00876 e. The van der Waals surface area contributed by atoms with Crippen molar-refractivity contribution in [1.82, 2.24) is 0 Å². The van der Waals surface area contributed by atoms with E-state index in [9.17, 15) is 0 Å². The Hall–Kier alpha value is -0.0800. The van der Waals surface area contributed by atoms with Gasteiger partial charge in [0.15, 0.2) is 0 Å². The molecule has 0 fully saturated rings. The van der Waals surface area contributed by atoms with Crippen LogP contribution in [-0.4, -0.2) is 12.6 Å². The molecule has 0 saturated heterocycles. The fraction of sp³-hybridized carbons (Fsp3) is 1.00. The van der Waals surface area contributed by atoms with Gasteiger partial charge in [-0.05, 0) is 24.8 Å². The smallest absolute Gasteiger partial charge is 0.00876 e. The van der Waals surface area contributed by atoms with E-state index in [-0.39, 0.29) is 5.41 Å². The topological polar surface area (TPSA) is 52.0 Å². The lowest BCUT2D eigenvalue weighted by atomic mass is 9.84. The van der Waals surface area contributed by atoms with Gasteiger partial charge in [0.05, 0.1) is 0 Å². The van der Waals surface area contributed by atoms with Crippen molar-refractivity contribution < 1.29 is 0 Å². The predicted octanol–water partition coefficient (Wildman–Crippen LogP) is 1.49. The molecule has 68 valence electrons. The second-order valence-electron chi connectivity index (χ2n) is 4.26. The summed E-state index contributed by atoms with van der Waals surface area (Å²) in [5, 5.41) is 0. The second-order valence-corrected chi connectivity index (χ2v) is 4.26. The minimum atomic E-state index is 0.245. The van der Waals surface area contributed by atoms with Gasteiger partial charge in [-0.25, -0.2) is 0 Å². The van der Waals surface area contributed by atoms with Crippen LogP contribution in [0.25, 0.3) is 0 Å². The Labute approximate surface area is 70.3 Å². The van der Waals surface area contributed by atoms with Crippen LogP contribution in [0.2, 0.25) is 0 Å². The van der Waals surface area contributed by atoms with Crippen LogP contribution < -0.4 is 11.5 Å². The highest BCUT2D eigenvalue weighted by atomic mass is 14.7. The lowest BCUT2D eigenvalue weighted by molar-refractivity contribution is 0.300. The predicted molar refractivity (Wildman–Crippen MR) is 50.3 cm³/mol. The quantitative estimate of drug-likeness (QED) is 0.609. The molecule has 0 saturated carbocycles. The van der Waals surface area contributed by atoms with E-state index >= 15 is 0 Å². The number of hydrogen-bond acceptors (Lipinski definition) is 2. The Morgan fingerprint density at radius 3 is 2.09 bits per heavy atom. The highest BCUT2D eigenvalue weighted by Gasteiger charge is 2.19. The standard InChI is InChI=1S/C9H22N2/c1-9(2,3)8(11)6-4-5-7-10/h8H,4-7,10-11H2,1-3H3. The molecule has 0 aromatic heterocycles. The molecule has 4 N–H and O–H groups in total. The number of unbranched alkanes of at least 4 members (excludes halogenated alkanes) is 1. The zero-order valence-corrected chi connectivity index (χ0v) is 8.06. The Bertz CT molecular complexity index is 94.2. The van der Waals surface area contributed by atoms with Gasteiger partial charge < -0.3 is 11.5 Å². The van der Waals surface area contributed by atoms with E-state index in [0.717, 1.165) is 25.8 Å². The van der Waals surface area contributed by atoms with E-state index in [2.05, 4.69) is 20.8 Å². The molecule has 0 aliphatic carbocycles. The molecule has 0 bridgehead atoms. The van der Waals surface area contributed by atoms with Crippen LogP contribution in [0.3, 0.4) is 0 Å². The Kier molecular flexibility index (Phi) is 4.69. The van der Waals surface area contributed by atoms with Crippen molar-refractivity contribution in [2.45, 2.75) is 46.1 Å². The zero-order valence-electron chi connectivity index (χ0n) is 8.06. The van der Waals surface area contributed by atoms with Crippen LogP contribution in [0.4, 0.5) is 0 Å². The molecular formula is C9H22N2. The molecule has 0 aromatic rings. The van der Waals surface area contributed by atoms with Crippen LogP contribution in [-0.2, 0) is 0 Å². The summed E-state index contributed by atoms with van der Waals surface area (Å²) >= 11 is 0. The maximum atomic E-state index is 5.95.